The van der Waals surface area contributed by atoms with Crippen LogP contribution in [0.15, 0.2) is 24.3 Å². The molecule has 0 atom stereocenters. The lowest BCUT2D eigenvalue weighted by Gasteiger charge is -2.34. The highest BCUT2D eigenvalue weighted by atomic mass is 32.2. The van der Waals surface area contributed by atoms with Crippen LogP contribution >= 0.6 is 0 Å². The lowest BCUT2D eigenvalue weighted by Crippen LogP contribution is -2.48. The van der Waals surface area contributed by atoms with Gasteiger partial charge in [0.05, 0.1) is 5.75 Å². The maximum absolute atomic E-state index is 12.7. The van der Waals surface area contributed by atoms with Crippen molar-refractivity contribution in [3.05, 3.63) is 35.4 Å². The van der Waals surface area contributed by atoms with Crippen LogP contribution in [-0.4, -0.2) is 73.5 Å². The van der Waals surface area contributed by atoms with Gasteiger partial charge in [0.1, 0.15) is 0 Å². The van der Waals surface area contributed by atoms with Gasteiger partial charge in [-0.2, -0.15) is 4.31 Å². The lowest BCUT2D eigenvalue weighted by molar-refractivity contribution is 0.0724. The van der Waals surface area contributed by atoms with E-state index in [2.05, 4.69) is 17.9 Å². The van der Waals surface area contributed by atoms with Crippen molar-refractivity contribution < 1.29 is 13.2 Å². The molecule has 0 spiro atoms. The molecule has 2 aliphatic heterocycles. The molecule has 0 aliphatic carbocycles. The van der Waals surface area contributed by atoms with Gasteiger partial charge in [-0.05, 0) is 43.4 Å². The maximum Gasteiger partial charge on any atom is 0.253 e. The van der Waals surface area contributed by atoms with Gasteiger partial charge in [-0.3, -0.25) is 9.69 Å². The summed E-state index contributed by atoms with van der Waals surface area (Å²) < 4.78 is 26.6. The first-order valence-electron chi connectivity index (χ1n) is 11.1. The first-order chi connectivity index (χ1) is 14.0. The Balaban J connectivity index is 1.52. The van der Waals surface area contributed by atoms with Crippen molar-refractivity contribution in [2.24, 2.45) is 0 Å². The molecule has 29 heavy (non-hydrogen) atoms. The van der Waals surface area contributed by atoms with Gasteiger partial charge < -0.3 is 4.90 Å². The number of amides is 1. The van der Waals surface area contributed by atoms with E-state index >= 15 is 0 Å². The predicted molar refractivity (Wildman–Crippen MR) is 116 cm³/mol. The van der Waals surface area contributed by atoms with Crippen molar-refractivity contribution in [1.82, 2.24) is 14.1 Å². The van der Waals surface area contributed by atoms with Gasteiger partial charge in [-0.15, -0.1) is 0 Å². The van der Waals surface area contributed by atoms with Crippen LogP contribution in [-0.2, 0) is 16.6 Å². The molecule has 1 aromatic carbocycles. The van der Waals surface area contributed by atoms with Crippen molar-refractivity contribution in [3.63, 3.8) is 0 Å². The summed E-state index contributed by atoms with van der Waals surface area (Å²) in [4.78, 5) is 17.0. The number of likely N-dealkylation sites (tertiary alicyclic amines) is 1. The minimum absolute atomic E-state index is 0.134. The molecule has 2 aliphatic rings. The van der Waals surface area contributed by atoms with E-state index in [1.807, 2.05) is 23.1 Å². The van der Waals surface area contributed by atoms with Gasteiger partial charge in [-0.25, -0.2) is 8.42 Å². The Morgan fingerprint density at radius 1 is 0.966 bits per heavy atom. The van der Waals surface area contributed by atoms with Crippen LogP contribution in [0.4, 0.5) is 0 Å². The molecule has 1 aromatic rings. The van der Waals surface area contributed by atoms with Gasteiger partial charge in [-0.1, -0.05) is 31.9 Å². The molecule has 3 rings (SSSR count). The topological polar surface area (TPSA) is 60.9 Å². The smallest absolute Gasteiger partial charge is 0.253 e. The summed E-state index contributed by atoms with van der Waals surface area (Å²) >= 11 is 0. The van der Waals surface area contributed by atoms with E-state index in [-0.39, 0.29) is 11.7 Å². The quantitative estimate of drug-likeness (QED) is 0.606. The first kappa shape index (κ1) is 22.2. The molecule has 0 bridgehead atoms. The van der Waals surface area contributed by atoms with Crippen molar-refractivity contribution in [3.8, 4) is 0 Å². The standard InChI is InChI=1S/C22H35N3O3S/c1-2-3-7-17-29(27,28)25-15-13-23(14-16-25)19-20-9-8-10-21(18-20)22(26)24-11-5-4-6-12-24/h8-10,18H,2-7,11-17,19H2,1H3. The molecular formula is C22H35N3O3S. The number of nitrogens with zero attached hydrogens (tertiary/aromatic N) is 3. The number of piperazine rings is 1. The number of sulfonamides is 1. The molecular weight excluding hydrogens is 386 g/mol. The van der Waals surface area contributed by atoms with Gasteiger partial charge in [0, 0.05) is 51.4 Å². The van der Waals surface area contributed by atoms with Gasteiger partial charge >= 0.3 is 0 Å². The van der Waals surface area contributed by atoms with E-state index in [1.54, 1.807) is 4.31 Å². The molecule has 0 N–H and O–H groups in total. The van der Waals surface area contributed by atoms with E-state index in [1.165, 1.54) is 6.42 Å². The number of benzene rings is 1. The molecule has 2 heterocycles. The zero-order valence-electron chi connectivity index (χ0n) is 17.7. The second-order valence-corrected chi connectivity index (χ2v) is 10.3. The van der Waals surface area contributed by atoms with Crippen molar-refractivity contribution >= 4 is 15.9 Å². The fourth-order valence-electron chi connectivity index (χ4n) is 4.17. The Kier molecular flexibility index (Phi) is 8.09. The number of piperidine rings is 1. The second kappa shape index (κ2) is 10.5. The molecule has 2 fully saturated rings. The van der Waals surface area contributed by atoms with E-state index in [4.69, 9.17) is 0 Å². The van der Waals surface area contributed by atoms with Crippen LogP contribution in [0.25, 0.3) is 0 Å². The second-order valence-electron chi connectivity index (χ2n) is 8.25. The molecule has 0 aromatic heterocycles. The summed E-state index contributed by atoms with van der Waals surface area (Å²) in [7, 11) is -3.13. The maximum atomic E-state index is 12.7. The Morgan fingerprint density at radius 2 is 1.69 bits per heavy atom. The number of unbranched alkanes of at least 4 members (excludes halogenated alkanes) is 2. The van der Waals surface area contributed by atoms with Crippen LogP contribution in [0.3, 0.4) is 0 Å². The van der Waals surface area contributed by atoms with Gasteiger partial charge in [0.25, 0.3) is 5.91 Å². The Morgan fingerprint density at radius 3 is 2.38 bits per heavy atom. The summed E-state index contributed by atoms with van der Waals surface area (Å²) in [6, 6.07) is 7.92. The highest BCUT2D eigenvalue weighted by molar-refractivity contribution is 7.89. The van der Waals surface area contributed by atoms with E-state index in [0.717, 1.165) is 76.0 Å². The van der Waals surface area contributed by atoms with Gasteiger partial charge in [0.15, 0.2) is 0 Å². The average Bonchev–Trinajstić information content (AvgIpc) is 2.74. The summed E-state index contributed by atoms with van der Waals surface area (Å²) in [6.07, 6.45) is 6.14. The molecule has 6 nitrogen and oxygen atoms in total. The van der Waals surface area contributed by atoms with Crippen LogP contribution in [0, 0.1) is 0 Å². The molecule has 162 valence electrons. The zero-order chi connectivity index (χ0) is 20.7. The van der Waals surface area contributed by atoms with Crippen LogP contribution in [0.5, 0.6) is 0 Å². The number of carbonyl (C=O) groups is 1. The Bertz CT molecular complexity index is 767. The first-order valence-corrected chi connectivity index (χ1v) is 12.7. The molecule has 1 amide bonds. The molecule has 0 unspecified atom stereocenters. The fraction of sp³-hybridized carbons (Fsp3) is 0.682. The van der Waals surface area contributed by atoms with Crippen molar-refractivity contribution in [1.29, 1.82) is 0 Å². The number of hydrogen-bond donors (Lipinski definition) is 0. The SMILES string of the molecule is CCCCCS(=O)(=O)N1CCN(Cc2cccc(C(=O)N3CCCCC3)c2)CC1. The molecule has 0 saturated carbocycles. The monoisotopic (exact) mass is 421 g/mol. The minimum atomic E-state index is -3.13. The van der Waals surface area contributed by atoms with Crippen LogP contribution in [0.1, 0.15) is 61.4 Å². The molecule has 7 heteroatoms. The highest BCUT2D eigenvalue weighted by Gasteiger charge is 2.26. The largest absolute Gasteiger partial charge is 0.339 e. The fourth-order valence-corrected chi connectivity index (χ4v) is 5.72. The third-order valence-electron chi connectivity index (χ3n) is 5.95. The van der Waals surface area contributed by atoms with Gasteiger partial charge in [0.2, 0.25) is 10.0 Å². The third kappa shape index (κ3) is 6.27. The van der Waals surface area contributed by atoms with Crippen LogP contribution < -0.4 is 0 Å². The Hall–Kier alpha value is -1.44. The van der Waals surface area contributed by atoms with E-state index in [9.17, 15) is 13.2 Å². The van der Waals surface area contributed by atoms with E-state index < -0.39 is 10.0 Å². The van der Waals surface area contributed by atoms with E-state index in [0.29, 0.717) is 13.1 Å². The minimum Gasteiger partial charge on any atom is -0.339 e. The summed E-state index contributed by atoms with van der Waals surface area (Å²) in [5, 5.41) is 0. The van der Waals surface area contributed by atoms with Crippen molar-refractivity contribution in [2.45, 2.75) is 52.0 Å². The number of hydrogen-bond acceptors (Lipinski definition) is 4. The number of carbonyl (C=O) groups excluding carboxylic acids is 1. The zero-order valence-corrected chi connectivity index (χ0v) is 18.5. The summed E-state index contributed by atoms with van der Waals surface area (Å²) in [5.41, 5.74) is 1.88. The molecule has 2 saturated heterocycles. The Labute approximate surface area is 175 Å². The number of rotatable bonds is 8. The predicted octanol–water partition coefficient (Wildman–Crippen LogP) is 2.95. The van der Waals surface area contributed by atoms with Crippen molar-refractivity contribution in [2.75, 3.05) is 45.0 Å². The lowest BCUT2D eigenvalue weighted by atomic mass is 10.1. The normalized spacial score (nSPS) is 19.4. The molecule has 0 radical (unpaired) electrons. The summed E-state index contributed by atoms with van der Waals surface area (Å²) in [6.45, 7) is 7.14. The summed E-state index contributed by atoms with van der Waals surface area (Å²) in [5.74, 6) is 0.399. The third-order valence-corrected chi connectivity index (χ3v) is 7.91. The average molecular weight is 422 g/mol. The highest BCUT2D eigenvalue weighted by Crippen LogP contribution is 2.17. The van der Waals surface area contributed by atoms with Crippen LogP contribution in [0.2, 0.25) is 0 Å².